The number of nitriles is 1. The second kappa shape index (κ2) is 5.91. The van der Waals surface area contributed by atoms with Crippen LogP contribution < -0.4 is 0 Å². The monoisotopic (exact) mass is 221 g/mol. The summed E-state index contributed by atoms with van der Waals surface area (Å²) in [5.41, 5.74) is 0.788. The molecule has 0 radical (unpaired) electrons. The molecule has 1 aromatic heterocycles. The summed E-state index contributed by atoms with van der Waals surface area (Å²) in [6, 6.07) is 1.94. The fourth-order valence-electron chi connectivity index (χ4n) is 1.33. The molecule has 5 nitrogen and oxygen atoms in total. The number of aromatic amines is 1. The molecule has 0 aromatic carbocycles. The maximum absolute atomic E-state index is 11.4. The first-order valence-corrected chi connectivity index (χ1v) is 5.30. The van der Waals surface area contributed by atoms with E-state index in [0.29, 0.717) is 13.0 Å². The molecule has 0 aliphatic heterocycles. The SMILES string of the molecule is CCOC(=O)C(C#N)Cc1cnc(CC)[nH]1. The van der Waals surface area contributed by atoms with Crippen LogP contribution in [0.2, 0.25) is 0 Å². The van der Waals surface area contributed by atoms with Gasteiger partial charge in [0.15, 0.2) is 0 Å². The molecular weight excluding hydrogens is 206 g/mol. The van der Waals surface area contributed by atoms with Gasteiger partial charge in [0.1, 0.15) is 11.7 Å². The summed E-state index contributed by atoms with van der Waals surface area (Å²) in [7, 11) is 0. The van der Waals surface area contributed by atoms with Crippen LogP contribution in [0.5, 0.6) is 0 Å². The van der Waals surface area contributed by atoms with Gasteiger partial charge in [-0.1, -0.05) is 6.92 Å². The standard InChI is InChI=1S/C11H15N3O2/c1-3-10-13-7-9(14-10)5-8(6-12)11(15)16-4-2/h7-8H,3-5H2,1-2H3,(H,13,14). The fraction of sp³-hybridized carbons (Fsp3) is 0.545. The highest BCUT2D eigenvalue weighted by atomic mass is 16.5. The van der Waals surface area contributed by atoms with E-state index in [4.69, 9.17) is 10.00 Å². The lowest BCUT2D eigenvalue weighted by Crippen LogP contribution is -2.18. The van der Waals surface area contributed by atoms with Crippen LogP contribution in [-0.2, 0) is 22.4 Å². The number of aryl methyl sites for hydroxylation is 1. The molecule has 1 rings (SSSR count). The molecule has 0 bridgehead atoms. The minimum Gasteiger partial charge on any atom is -0.465 e. The summed E-state index contributed by atoms with van der Waals surface area (Å²) in [6.07, 6.45) is 2.78. The van der Waals surface area contributed by atoms with Crippen molar-refractivity contribution < 1.29 is 9.53 Å². The number of hydrogen-bond donors (Lipinski definition) is 1. The topological polar surface area (TPSA) is 78.8 Å². The molecule has 1 N–H and O–H groups in total. The van der Waals surface area contributed by atoms with Crippen LogP contribution >= 0.6 is 0 Å². The molecule has 86 valence electrons. The third-order valence-corrected chi connectivity index (χ3v) is 2.17. The zero-order chi connectivity index (χ0) is 12.0. The van der Waals surface area contributed by atoms with Gasteiger partial charge in [0, 0.05) is 24.7 Å². The van der Waals surface area contributed by atoms with Crippen LogP contribution in [0.15, 0.2) is 6.20 Å². The molecule has 0 amide bonds. The third-order valence-electron chi connectivity index (χ3n) is 2.17. The van der Waals surface area contributed by atoms with Gasteiger partial charge >= 0.3 is 5.97 Å². The van der Waals surface area contributed by atoms with Crippen molar-refractivity contribution in [3.63, 3.8) is 0 Å². The van der Waals surface area contributed by atoms with Crippen LogP contribution in [0.25, 0.3) is 0 Å². The number of H-pyrrole nitrogens is 1. The number of ether oxygens (including phenoxy) is 1. The van der Waals surface area contributed by atoms with Crippen molar-refractivity contribution in [2.45, 2.75) is 26.7 Å². The highest BCUT2D eigenvalue weighted by Gasteiger charge is 2.20. The van der Waals surface area contributed by atoms with E-state index in [9.17, 15) is 4.79 Å². The van der Waals surface area contributed by atoms with E-state index in [1.165, 1.54) is 0 Å². The van der Waals surface area contributed by atoms with Crippen molar-refractivity contribution in [1.82, 2.24) is 9.97 Å². The van der Waals surface area contributed by atoms with Crippen LogP contribution in [0, 0.1) is 17.2 Å². The summed E-state index contributed by atoms with van der Waals surface area (Å²) in [4.78, 5) is 18.5. The Balaban J connectivity index is 2.63. The molecule has 0 aliphatic carbocycles. The summed E-state index contributed by atoms with van der Waals surface area (Å²) in [6.45, 7) is 3.99. The summed E-state index contributed by atoms with van der Waals surface area (Å²) in [5.74, 6) is -0.377. The Labute approximate surface area is 94.4 Å². The van der Waals surface area contributed by atoms with Crippen LogP contribution in [-0.4, -0.2) is 22.5 Å². The highest BCUT2D eigenvalue weighted by Crippen LogP contribution is 2.08. The maximum atomic E-state index is 11.4. The van der Waals surface area contributed by atoms with E-state index in [2.05, 4.69) is 9.97 Å². The van der Waals surface area contributed by atoms with Gasteiger partial charge in [-0.3, -0.25) is 4.79 Å². The molecule has 1 unspecified atom stereocenters. The van der Waals surface area contributed by atoms with Gasteiger partial charge in [0.25, 0.3) is 0 Å². The van der Waals surface area contributed by atoms with Gasteiger partial charge in [0.05, 0.1) is 12.7 Å². The number of aromatic nitrogens is 2. The van der Waals surface area contributed by atoms with Gasteiger partial charge in [-0.05, 0) is 6.92 Å². The number of carbonyl (C=O) groups excluding carboxylic acids is 1. The molecule has 0 fully saturated rings. The van der Waals surface area contributed by atoms with E-state index in [-0.39, 0.29) is 0 Å². The molecule has 1 heterocycles. The molecule has 0 spiro atoms. The Bertz CT molecular complexity index is 392. The molecule has 1 atom stereocenters. The zero-order valence-corrected chi connectivity index (χ0v) is 9.49. The second-order valence-corrected chi connectivity index (χ2v) is 3.35. The predicted molar refractivity (Wildman–Crippen MR) is 57.4 cm³/mol. The number of nitrogens with zero attached hydrogens (tertiary/aromatic N) is 2. The third kappa shape index (κ3) is 3.09. The first kappa shape index (κ1) is 12.2. The number of nitrogens with one attached hydrogen (secondary N) is 1. The lowest BCUT2D eigenvalue weighted by atomic mass is 10.1. The van der Waals surface area contributed by atoms with Gasteiger partial charge in [-0.15, -0.1) is 0 Å². The Morgan fingerprint density at radius 2 is 2.44 bits per heavy atom. The molecule has 0 saturated carbocycles. The first-order chi connectivity index (χ1) is 7.71. The Morgan fingerprint density at radius 3 is 2.94 bits per heavy atom. The number of esters is 1. The van der Waals surface area contributed by atoms with Gasteiger partial charge in [-0.25, -0.2) is 4.98 Å². The second-order valence-electron chi connectivity index (χ2n) is 3.35. The van der Waals surface area contributed by atoms with Crippen LogP contribution in [0.1, 0.15) is 25.4 Å². The van der Waals surface area contributed by atoms with Crippen LogP contribution in [0.4, 0.5) is 0 Å². The Kier molecular flexibility index (Phi) is 4.52. The molecule has 0 saturated heterocycles. The minimum atomic E-state index is -0.759. The molecule has 1 aromatic rings. The molecular formula is C11H15N3O2. The normalized spacial score (nSPS) is 11.8. The largest absolute Gasteiger partial charge is 0.465 e. The molecule has 16 heavy (non-hydrogen) atoms. The number of rotatable bonds is 5. The van der Waals surface area contributed by atoms with E-state index < -0.39 is 11.9 Å². The van der Waals surface area contributed by atoms with Crippen molar-refractivity contribution in [2.75, 3.05) is 6.61 Å². The lowest BCUT2D eigenvalue weighted by molar-refractivity contribution is -0.145. The highest BCUT2D eigenvalue weighted by molar-refractivity contribution is 5.75. The summed E-state index contributed by atoms with van der Waals surface area (Å²) >= 11 is 0. The van der Waals surface area contributed by atoms with E-state index in [1.54, 1.807) is 13.1 Å². The summed E-state index contributed by atoms with van der Waals surface area (Å²) in [5, 5.41) is 8.86. The Hall–Kier alpha value is -1.83. The Morgan fingerprint density at radius 1 is 1.69 bits per heavy atom. The average Bonchev–Trinajstić information content (AvgIpc) is 2.73. The van der Waals surface area contributed by atoms with Gasteiger partial charge in [-0.2, -0.15) is 5.26 Å². The van der Waals surface area contributed by atoms with E-state index in [1.807, 2.05) is 13.0 Å². The summed E-state index contributed by atoms with van der Waals surface area (Å²) < 4.78 is 4.80. The van der Waals surface area contributed by atoms with Gasteiger partial charge in [0.2, 0.25) is 0 Å². The average molecular weight is 221 g/mol. The van der Waals surface area contributed by atoms with E-state index >= 15 is 0 Å². The number of carbonyl (C=O) groups is 1. The number of hydrogen-bond acceptors (Lipinski definition) is 4. The first-order valence-electron chi connectivity index (χ1n) is 5.30. The van der Waals surface area contributed by atoms with Crippen molar-refractivity contribution in [1.29, 1.82) is 5.26 Å². The van der Waals surface area contributed by atoms with Crippen molar-refractivity contribution in [2.24, 2.45) is 5.92 Å². The van der Waals surface area contributed by atoms with Gasteiger partial charge < -0.3 is 9.72 Å². The van der Waals surface area contributed by atoms with Crippen LogP contribution in [0.3, 0.4) is 0 Å². The lowest BCUT2D eigenvalue weighted by Gasteiger charge is -2.06. The fourth-order valence-corrected chi connectivity index (χ4v) is 1.33. The minimum absolute atomic E-state index is 0.292. The quantitative estimate of drug-likeness (QED) is 0.758. The van der Waals surface area contributed by atoms with E-state index in [0.717, 1.165) is 17.9 Å². The maximum Gasteiger partial charge on any atom is 0.323 e. The molecule has 5 heteroatoms. The zero-order valence-electron chi connectivity index (χ0n) is 9.49. The van der Waals surface area contributed by atoms with Crippen molar-refractivity contribution in [3.05, 3.63) is 17.7 Å². The van der Waals surface area contributed by atoms with Crippen molar-refractivity contribution >= 4 is 5.97 Å². The number of imidazole rings is 1. The van der Waals surface area contributed by atoms with Crippen molar-refractivity contribution in [3.8, 4) is 6.07 Å². The smallest absolute Gasteiger partial charge is 0.323 e. The molecule has 0 aliphatic rings. The predicted octanol–water partition coefficient (Wildman–Crippen LogP) is 1.22.